The van der Waals surface area contributed by atoms with Crippen molar-refractivity contribution < 1.29 is 9.21 Å². The molecule has 1 aliphatic heterocycles. The molecule has 1 saturated heterocycles. The lowest BCUT2D eigenvalue weighted by Gasteiger charge is -2.22. The van der Waals surface area contributed by atoms with Gasteiger partial charge in [0.05, 0.1) is 11.8 Å². The van der Waals surface area contributed by atoms with Crippen molar-refractivity contribution in [3.05, 3.63) is 58.5 Å². The molecule has 0 N–H and O–H groups in total. The van der Waals surface area contributed by atoms with Gasteiger partial charge < -0.3 is 9.32 Å². The van der Waals surface area contributed by atoms with E-state index in [4.69, 9.17) is 4.42 Å². The summed E-state index contributed by atoms with van der Waals surface area (Å²) in [7, 11) is 0. The second kappa shape index (κ2) is 5.43. The van der Waals surface area contributed by atoms with Gasteiger partial charge in [0.25, 0.3) is 5.91 Å². The molecule has 0 unspecified atom stereocenters. The monoisotopic (exact) mass is 337 g/mol. The molecule has 5 heteroatoms. The van der Waals surface area contributed by atoms with Crippen LogP contribution in [0.4, 0.5) is 0 Å². The number of carbonyl (C=O) groups is 1. The molecule has 1 fully saturated rings. The number of hydrogen-bond donors (Lipinski definition) is 0. The summed E-state index contributed by atoms with van der Waals surface area (Å²) in [4.78, 5) is 14.5. The zero-order valence-corrected chi connectivity index (χ0v) is 12.5. The highest BCUT2D eigenvalue weighted by Crippen LogP contribution is 2.39. The number of amides is 1. The standard InChI is InChI=1S/C14H12BrNO2S/c15-11-5-2-1-4-10(11)13(17)16-7-9-19-14(16)12-6-3-8-18-12/h1-6,8,14H,7,9H2/t14-/m1/s1. The maximum Gasteiger partial charge on any atom is 0.256 e. The molecule has 1 aliphatic rings. The van der Waals surface area contributed by atoms with Crippen molar-refractivity contribution in [1.82, 2.24) is 4.90 Å². The summed E-state index contributed by atoms with van der Waals surface area (Å²) in [5.74, 6) is 1.81. The van der Waals surface area contributed by atoms with Gasteiger partial charge in [0, 0.05) is 16.8 Å². The Morgan fingerprint density at radius 3 is 2.89 bits per heavy atom. The first-order valence-corrected chi connectivity index (χ1v) is 7.82. The second-order valence-corrected chi connectivity index (χ2v) is 6.26. The Morgan fingerprint density at radius 2 is 2.16 bits per heavy atom. The third-order valence-electron chi connectivity index (χ3n) is 3.04. The van der Waals surface area contributed by atoms with Crippen LogP contribution in [0.5, 0.6) is 0 Å². The lowest BCUT2D eigenvalue weighted by Crippen LogP contribution is -2.30. The zero-order chi connectivity index (χ0) is 13.2. The van der Waals surface area contributed by atoms with E-state index in [0.717, 1.165) is 22.5 Å². The van der Waals surface area contributed by atoms with Crippen molar-refractivity contribution in [3.8, 4) is 0 Å². The largest absolute Gasteiger partial charge is 0.466 e. The minimum atomic E-state index is -0.0189. The molecular formula is C14H12BrNO2S. The second-order valence-electron chi connectivity index (χ2n) is 4.22. The Hall–Kier alpha value is -1.20. The predicted molar refractivity (Wildman–Crippen MR) is 79.1 cm³/mol. The molecule has 1 amide bonds. The summed E-state index contributed by atoms with van der Waals surface area (Å²) in [6, 6.07) is 11.3. The van der Waals surface area contributed by atoms with E-state index in [0.29, 0.717) is 5.56 Å². The highest BCUT2D eigenvalue weighted by molar-refractivity contribution is 9.10. The predicted octanol–water partition coefficient (Wildman–Crippen LogP) is 3.93. The molecule has 2 aromatic rings. The lowest BCUT2D eigenvalue weighted by molar-refractivity contribution is 0.0748. The molecule has 19 heavy (non-hydrogen) atoms. The Labute approximate surface area is 124 Å². The summed E-state index contributed by atoms with van der Waals surface area (Å²) < 4.78 is 6.27. The van der Waals surface area contributed by atoms with Gasteiger partial charge >= 0.3 is 0 Å². The Balaban J connectivity index is 1.89. The van der Waals surface area contributed by atoms with Gasteiger partial charge in [-0.25, -0.2) is 0 Å². The minimum absolute atomic E-state index is 0.0189. The van der Waals surface area contributed by atoms with Crippen LogP contribution >= 0.6 is 27.7 Å². The molecule has 0 radical (unpaired) electrons. The average Bonchev–Trinajstić information content (AvgIpc) is 3.09. The van der Waals surface area contributed by atoms with E-state index in [1.165, 1.54) is 0 Å². The topological polar surface area (TPSA) is 33.5 Å². The van der Waals surface area contributed by atoms with Crippen LogP contribution in [0.2, 0.25) is 0 Å². The molecule has 1 aromatic heterocycles. The van der Waals surface area contributed by atoms with E-state index in [1.807, 2.05) is 41.3 Å². The van der Waals surface area contributed by atoms with Crippen molar-refractivity contribution in [3.63, 3.8) is 0 Å². The Morgan fingerprint density at radius 1 is 1.32 bits per heavy atom. The number of nitrogens with zero attached hydrogens (tertiary/aromatic N) is 1. The van der Waals surface area contributed by atoms with Gasteiger partial charge in [-0.15, -0.1) is 11.8 Å². The molecule has 1 atom stereocenters. The fourth-order valence-electron chi connectivity index (χ4n) is 2.13. The molecular weight excluding hydrogens is 326 g/mol. The number of hydrogen-bond acceptors (Lipinski definition) is 3. The number of benzene rings is 1. The smallest absolute Gasteiger partial charge is 0.256 e. The normalized spacial score (nSPS) is 18.8. The SMILES string of the molecule is O=C(c1ccccc1Br)N1CCS[C@@H]1c1ccco1. The van der Waals surface area contributed by atoms with Crippen molar-refractivity contribution >= 4 is 33.6 Å². The van der Waals surface area contributed by atoms with Gasteiger partial charge in [0.1, 0.15) is 11.1 Å². The van der Waals surface area contributed by atoms with Gasteiger partial charge in [-0.2, -0.15) is 0 Å². The molecule has 0 spiro atoms. The van der Waals surface area contributed by atoms with Crippen LogP contribution in [-0.4, -0.2) is 23.1 Å². The summed E-state index contributed by atoms with van der Waals surface area (Å²) in [5, 5.41) is -0.0189. The zero-order valence-electron chi connectivity index (χ0n) is 10.1. The number of thioether (sulfide) groups is 1. The van der Waals surface area contributed by atoms with E-state index >= 15 is 0 Å². The quantitative estimate of drug-likeness (QED) is 0.832. The van der Waals surface area contributed by atoms with E-state index in [9.17, 15) is 4.79 Å². The first kappa shape index (κ1) is 12.8. The van der Waals surface area contributed by atoms with Gasteiger partial charge in [-0.1, -0.05) is 12.1 Å². The molecule has 0 saturated carbocycles. The third-order valence-corrected chi connectivity index (χ3v) is 4.95. The lowest BCUT2D eigenvalue weighted by atomic mass is 10.2. The van der Waals surface area contributed by atoms with Gasteiger partial charge in [-0.05, 0) is 40.2 Å². The summed E-state index contributed by atoms with van der Waals surface area (Å²) in [5.41, 5.74) is 0.696. The van der Waals surface area contributed by atoms with E-state index in [2.05, 4.69) is 15.9 Å². The fraction of sp³-hybridized carbons (Fsp3) is 0.214. The maximum atomic E-state index is 12.6. The van der Waals surface area contributed by atoms with Crippen LogP contribution in [0, 0.1) is 0 Å². The number of carbonyl (C=O) groups excluding carboxylic acids is 1. The van der Waals surface area contributed by atoms with Crippen molar-refractivity contribution in [2.45, 2.75) is 5.37 Å². The molecule has 98 valence electrons. The Kier molecular flexibility index (Phi) is 3.66. The van der Waals surface area contributed by atoms with Gasteiger partial charge in [0.15, 0.2) is 0 Å². The van der Waals surface area contributed by atoms with E-state index in [-0.39, 0.29) is 11.3 Å². The van der Waals surface area contributed by atoms with Gasteiger partial charge in [-0.3, -0.25) is 4.79 Å². The number of furan rings is 1. The summed E-state index contributed by atoms with van der Waals surface area (Å²) in [6.07, 6.45) is 1.65. The van der Waals surface area contributed by atoms with Crippen LogP contribution in [0.1, 0.15) is 21.5 Å². The first-order chi connectivity index (χ1) is 9.27. The summed E-state index contributed by atoms with van der Waals surface area (Å²) >= 11 is 5.17. The molecule has 2 heterocycles. The number of rotatable bonds is 2. The maximum absolute atomic E-state index is 12.6. The summed E-state index contributed by atoms with van der Waals surface area (Å²) in [6.45, 7) is 0.746. The van der Waals surface area contributed by atoms with Crippen LogP contribution in [0.25, 0.3) is 0 Å². The van der Waals surface area contributed by atoms with Crippen LogP contribution in [0.3, 0.4) is 0 Å². The van der Waals surface area contributed by atoms with Crippen molar-refractivity contribution in [2.75, 3.05) is 12.3 Å². The van der Waals surface area contributed by atoms with Gasteiger partial charge in [0.2, 0.25) is 0 Å². The molecule has 3 rings (SSSR count). The highest BCUT2D eigenvalue weighted by Gasteiger charge is 2.33. The third kappa shape index (κ3) is 2.44. The average molecular weight is 338 g/mol. The number of halogens is 1. The van der Waals surface area contributed by atoms with Crippen molar-refractivity contribution in [1.29, 1.82) is 0 Å². The van der Waals surface area contributed by atoms with Crippen LogP contribution in [0.15, 0.2) is 51.6 Å². The van der Waals surface area contributed by atoms with Crippen LogP contribution in [-0.2, 0) is 0 Å². The van der Waals surface area contributed by atoms with Crippen molar-refractivity contribution in [2.24, 2.45) is 0 Å². The molecule has 0 aliphatic carbocycles. The van der Waals surface area contributed by atoms with E-state index < -0.39 is 0 Å². The molecule has 3 nitrogen and oxygen atoms in total. The fourth-order valence-corrected chi connectivity index (χ4v) is 3.79. The van der Waals surface area contributed by atoms with E-state index in [1.54, 1.807) is 18.0 Å². The molecule has 0 bridgehead atoms. The minimum Gasteiger partial charge on any atom is -0.466 e. The first-order valence-electron chi connectivity index (χ1n) is 5.98. The molecule has 1 aromatic carbocycles. The Bertz CT molecular complexity index is 585. The highest BCUT2D eigenvalue weighted by atomic mass is 79.9. The van der Waals surface area contributed by atoms with Crippen LogP contribution < -0.4 is 0 Å².